The third kappa shape index (κ3) is 3.16. The fourth-order valence-corrected chi connectivity index (χ4v) is 1.89. The Morgan fingerprint density at radius 2 is 2.11 bits per heavy atom. The number of carboxylic acid groups (broad SMARTS) is 1. The molecule has 1 aromatic carbocycles. The van der Waals surface area contributed by atoms with Crippen LogP contribution in [0.3, 0.4) is 0 Å². The average molecular weight is 297 g/mol. The maximum atomic E-state index is 10.5. The van der Waals surface area contributed by atoms with E-state index in [0.29, 0.717) is 15.6 Å². The first-order valence-electron chi connectivity index (χ1n) is 5.40. The van der Waals surface area contributed by atoms with Gasteiger partial charge in [-0.15, -0.1) is 0 Å². The van der Waals surface area contributed by atoms with E-state index in [4.69, 9.17) is 28.3 Å². The van der Waals surface area contributed by atoms with Crippen molar-refractivity contribution in [2.75, 3.05) is 0 Å². The number of hydrogen-bond donors (Lipinski definition) is 1. The molecule has 1 N–H and O–H groups in total. The molecule has 0 atom stereocenters. The Morgan fingerprint density at radius 1 is 1.37 bits per heavy atom. The molecule has 98 valence electrons. The minimum atomic E-state index is -1.02. The largest absolute Gasteiger partial charge is 0.478 e. The van der Waals surface area contributed by atoms with Crippen molar-refractivity contribution in [1.82, 2.24) is 9.78 Å². The molecule has 0 saturated heterocycles. The molecule has 0 aliphatic rings. The maximum absolute atomic E-state index is 10.5. The van der Waals surface area contributed by atoms with E-state index in [1.165, 1.54) is 6.08 Å². The van der Waals surface area contributed by atoms with E-state index in [2.05, 4.69) is 5.10 Å². The second kappa shape index (κ2) is 5.47. The SMILES string of the molecule is Cc1nn(-c2ccc(/C=C/C(=O)O)c(Cl)c2)cc1Cl. The Balaban J connectivity index is 2.36. The van der Waals surface area contributed by atoms with Gasteiger partial charge >= 0.3 is 5.97 Å². The second-order valence-electron chi connectivity index (χ2n) is 3.88. The third-order valence-corrected chi connectivity index (χ3v) is 3.19. The van der Waals surface area contributed by atoms with Gasteiger partial charge in [-0.25, -0.2) is 9.48 Å². The quantitative estimate of drug-likeness (QED) is 0.881. The van der Waals surface area contributed by atoms with Gasteiger partial charge in [0, 0.05) is 17.3 Å². The summed E-state index contributed by atoms with van der Waals surface area (Å²) in [6.07, 6.45) is 4.17. The lowest BCUT2D eigenvalue weighted by Gasteiger charge is -2.04. The number of carbonyl (C=O) groups is 1. The monoisotopic (exact) mass is 296 g/mol. The molecule has 0 saturated carbocycles. The fraction of sp³-hybridized carbons (Fsp3) is 0.0769. The van der Waals surface area contributed by atoms with Crippen molar-refractivity contribution in [2.24, 2.45) is 0 Å². The minimum Gasteiger partial charge on any atom is -0.478 e. The van der Waals surface area contributed by atoms with Gasteiger partial charge in [0.15, 0.2) is 0 Å². The molecule has 0 fully saturated rings. The number of hydrogen-bond acceptors (Lipinski definition) is 2. The number of benzene rings is 1. The van der Waals surface area contributed by atoms with E-state index in [1.807, 2.05) is 6.92 Å². The lowest BCUT2D eigenvalue weighted by atomic mass is 10.2. The molecule has 0 spiro atoms. The van der Waals surface area contributed by atoms with Crippen LogP contribution in [0.5, 0.6) is 0 Å². The lowest BCUT2D eigenvalue weighted by Crippen LogP contribution is -1.95. The zero-order chi connectivity index (χ0) is 14.0. The van der Waals surface area contributed by atoms with Crippen molar-refractivity contribution in [3.05, 3.63) is 51.8 Å². The summed E-state index contributed by atoms with van der Waals surface area (Å²) in [6, 6.07) is 5.21. The Bertz CT molecular complexity index is 643. The van der Waals surface area contributed by atoms with Gasteiger partial charge in [-0.3, -0.25) is 0 Å². The van der Waals surface area contributed by atoms with Crippen LogP contribution in [0.15, 0.2) is 30.5 Å². The average Bonchev–Trinajstić information content (AvgIpc) is 2.68. The first-order valence-corrected chi connectivity index (χ1v) is 6.15. The molecule has 0 amide bonds. The summed E-state index contributed by atoms with van der Waals surface area (Å²) in [6.45, 7) is 1.81. The Labute approximate surface area is 119 Å². The molecule has 0 aliphatic heterocycles. The zero-order valence-corrected chi connectivity index (χ0v) is 11.5. The summed E-state index contributed by atoms with van der Waals surface area (Å²) >= 11 is 12.0. The first-order chi connectivity index (χ1) is 8.97. The predicted molar refractivity (Wildman–Crippen MR) is 75.0 cm³/mol. The number of nitrogens with zero attached hydrogens (tertiary/aromatic N) is 2. The van der Waals surface area contributed by atoms with E-state index in [9.17, 15) is 4.79 Å². The van der Waals surface area contributed by atoms with Crippen LogP contribution in [0.1, 0.15) is 11.3 Å². The van der Waals surface area contributed by atoms with E-state index in [1.54, 1.807) is 29.1 Å². The van der Waals surface area contributed by atoms with Crippen LogP contribution in [0, 0.1) is 6.92 Å². The molecular weight excluding hydrogens is 287 g/mol. The number of aliphatic carboxylic acids is 1. The Morgan fingerprint density at radius 3 is 2.63 bits per heavy atom. The van der Waals surface area contributed by atoms with Crippen LogP contribution in [0.25, 0.3) is 11.8 Å². The van der Waals surface area contributed by atoms with Gasteiger partial charge in [-0.1, -0.05) is 29.3 Å². The standard InChI is InChI=1S/C13H10Cl2N2O2/c1-8-12(15)7-17(16-8)10-4-2-9(11(14)6-10)3-5-13(18)19/h2-7H,1H3,(H,18,19)/b5-3+. The summed E-state index contributed by atoms with van der Waals surface area (Å²) < 4.78 is 1.62. The van der Waals surface area contributed by atoms with Gasteiger partial charge in [0.2, 0.25) is 0 Å². The lowest BCUT2D eigenvalue weighted by molar-refractivity contribution is -0.131. The van der Waals surface area contributed by atoms with Gasteiger partial charge in [-0.2, -0.15) is 5.10 Å². The minimum absolute atomic E-state index is 0.444. The summed E-state index contributed by atoms with van der Waals surface area (Å²) in [4.78, 5) is 10.5. The summed E-state index contributed by atoms with van der Waals surface area (Å²) in [5.74, 6) is -1.02. The van der Waals surface area contributed by atoms with Crippen molar-refractivity contribution in [2.45, 2.75) is 6.92 Å². The van der Waals surface area contributed by atoms with Crippen molar-refractivity contribution in [3.63, 3.8) is 0 Å². The molecule has 1 aromatic heterocycles. The summed E-state index contributed by atoms with van der Waals surface area (Å²) in [5, 5.41) is 13.8. The van der Waals surface area contributed by atoms with Crippen LogP contribution in [0.2, 0.25) is 10.0 Å². The van der Waals surface area contributed by atoms with Gasteiger partial charge < -0.3 is 5.11 Å². The van der Waals surface area contributed by atoms with Crippen LogP contribution in [-0.4, -0.2) is 20.9 Å². The normalized spacial score (nSPS) is 11.1. The Hall–Kier alpha value is -1.78. The van der Waals surface area contributed by atoms with Crippen molar-refractivity contribution in [3.8, 4) is 5.69 Å². The van der Waals surface area contributed by atoms with Gasteiger partial charge in [0.25, 0.3) is 0 Å². The van der Waals surface area contributed by atoms with Crippen molar-refractivity contribution >= 4 is 35.2 Å². The Kier molecular flexibility index (Phi) is 3.93. The first kappa shape index (κ1) is 13.6. The highest BCUT2D eigenvalue weighted by molar-refractivity contribution is 6.32. The third-order valence-electron chi connectivity index (χ3n) is 2.49. The molecule has 6 heteroatoms. The second-order valence-corrected chi connectivity index (χ2v) is 4.70. The topological polar surface area (TPSA) is 55.1 Å². The van der Waals surface area contributed by atoms with Crippen LogP contribution >= 0.6 is 23.2 Å². The van der Waals surface area contributed by atoms with Gasteiger partial charge in [0.1, 0.15) is 0 Å². The van der Waals surface area contributed by atoms with Gasteiger partial charge in [-0.05, 0) is 30.7 Å². The van der Waals surface area contributed by atoms with Crippen molar-refractivity contribution < 1.29 is 9.90 Å². The smallest absolute Gasteiger partial charge is 0.328 e. The van der Waals surface area contributed by atoms with Crippen molar-refractivity contribution in [1.29, 1.82) is 0 Å². The molecule has 19 heavy (non-hydrogen) atoms. The highest BCUT2D eigenvalue weighted by Gasteiger charge is 2.06. The number of aryl methyl sites for hydroxylation is 1. The molecular formula is C13H10Cl2N2O2. The molecule has 1 heterocycles. The zero-order valence-electron chi connectivity index (χ0n) is 9.97. The molecule has 2 aromatic rings. The van der Waals surface area contributed by atoms with E-state index in [0.717, 1.165) is 17.5 Å². The predicted octanol–water partition coefficient (Wildman–Crippen LogP) is 3.59. The van der Waals surface area contributed by atoms with Crippen LogP contribution in [-0.2, 0) is 4.79 Å². The molecule has 0 bridgehead atoms. The summed E-state index contributed by atoms with van der Waals surface area (Å²) in [7, 11) is 0. The highest BCUT2D eigenvalue weighted by Crippen LogP contribution is 2.23. The molecule has 0 aliphatic carbocycles. The van der Waals surface area contributed by atoms with E-state index in [-0.39, 0.29) is 0 Å². The number of carboxylic acids is 1. The van der Waals surface area contributed by atoms with E-state index < -0.39 is 5.97 Å². The number of halogens is 2. The van der Waals surface area contributed by atoms with E-state index >= 15 is 0 Å². The number of aromatic nitrogens is 2. The number of rotatable bonds is 3. The molecule has 0 radical (unpaired) electrons. The molecule has 2 rings (SSSR count). The van der Waals surface area contributed by atoms with Crippen LogP contribution in [0.4, 0.5) is 0 Å². The maximum Gasteiger partial charge on any atom is 0.328 e. The fourth-order valence-electron chi connectivity index (χ4n) is 1.53. The molecule has 4 nitrogen and oxygen atoms in total. The van der Waals surface area contributed by atoms with Crippen LogP contribution < -0.4 is 0 Å². The highest BCUT2D eigenvalue weighted by atomic mass is 35.5. The summed E-state index contributed by atoms with van der Waals surface area (Å²) in [5.41, 5.74) is 2.11. The van der Waals surface area contributed by atoms with Gasteiger partial charge in [0.05, 0.1) is 16.4 Å². The molecule has 0 unspecified atom stereocenters.